The Bertz CT molecular complexity index is 718. The summed E-state index contributed by atoms with van der Waals surface area (Å²) in [5.74, 6) is 0.0519. The fourth-order valence-corrected chi connectivity index (χ4v) is 4.99. The molecule has 0 radical (unpaired) electrons. The number of hydrogen-bond acceptors (Lipinski definition) is 3. The second kappa shape index (κ2) is 8.32. The molecule has 2 rings (SSSR count). The van der Waals surface area contributed by atoms with E-state index in [4.69, 9.17) is 0 Å². The Labute approximate surface area is 151 Å². The van der Waals surface area contributed by atoms with E-state index in [0.717, 1.165) is 36.8 Å². The lowest BCUT2D eigenvalue weighted by Crippen LogP contribution is -2.31. The maximum absolute atomic E-state index is 12.8. The monoisotopic (exact) mass is 366 g/mol. The van der Waals surface area contributed by atoms with Crippen LogP contribution in [0.1, 0.15) is 57.1 Å². The number of aryl methyl sites for hydroxylation is 1. The summed E-state index contributed by atoms with van der Waals surface area (Å²) in [5, 5.41) is 2.99. The zero-order valence-corrected chi connectivity index (χ0v) is 16.6. The number of nitrogens with zero attached hydrogens (tertiary/aromatic N) is 1. The van der Waals surface area contributed by atoms with E-state index in [0.29, 0.717) is 18.8 Å². The second-order valence-corrected chi connectivity index (χ2v) is 8.76. The predicted octanol–water partition coefficient (Wildman–Crippen LogP) is 3.85. The third-order valence-electron chi connectivity index (χ3n) is 5.22. The minimum Gasteiger partial charge on any atom is -0.326 e. The first-order valence-electron chi connectivity index (χ1n) is 9.23. The lowest BCUT2D eigenvalue weighted by Gasteiger charge is -2.23. The van der Waals surface area contributed by atoms with Crippen LogP contribution in [0.5, 0.6) is 0 Å². The van der Waals surface area contributed by atoms with Crippen molar-refractivity contribution < 1.29 is 13.2 Å². The number of rotatable bonds is 6. The number of benzene rings is 1. The van der Waals surface area contributed by atoms with Crippen molar-refractivity contribution in [1.82, 2.24) is 4.31 Å². The Hall–Kier alpha value is -1.40. The summed E-state index contributed by atoms with van der Waals surface area (Å²) in [6.45, 7) is 8.30. The van der Waals surface area contributed by atoms with Gasteiger partial charge in [-0.2, -0.15) is 4.31 Å². The number of carbonyl (C=O) groups excluding carboxylic acids is 1. The van der Waals surface area contributed by atoms with Crippen LogP contribution in [0.4, 0.5) is 5.69 Å². The van der Waals surface area contributed by atoms with E-state index in [1.807, 2.05) is 27.7 Å². The van der Waals surface area contributed by atoms with Crippen molar-refractivity contribution >= 4 is 21.6 Å². The highest BCUT2D eigenvalue weighted by Gasteiger charge is 2.25. The van der Waals surface area contributed by atoms with Gasteiger partial charge >= 0.3 is 0 Å². The molecule has 0 unspecified atom stereocenters. The van der Waals surface area contributed by atoms with Crippen molar-refractivity contribution in [2.75, 3.05) is 18.4 Å². The fraction of sp³-hybridized carbons (Fsp3) is 0.632. The summed E-state index contributed by atoms with van der Waals surface area (Å²) in [7, 11) is -3.54. The summed E-state index contributed by atoms with van der Waals surface area (Å²) in [6.07, 6.45) is 5.21. The van der Waals surface area contributed by atoms with E-state index in [-0.39, 0.29) is 16.7 Å². The normalized spacial score (nSPS) is 16.2. The van der Waals surface area contributed by atoms with Crippen LogP contribution in [0.25, 0.3) is 0 Å². The third-order valence-corrected chi connectivity index (χ3v) is 7.25. The lowest BCUT2D eigenvalue weighted by atomic mass is 9.88. The molecular formula is C19H30N2O3S. The number of sulfonamides is 1. The van der Waals surface area contributed by atoms with E-state index in [9.17, 15) is 13.2 Å². The average molecular weight is 367 g/mol. The fourth-order valence-electron chi connectivity index (χ4n) is 3.42. The first-order chi connectivity index (χ1) is 11.8. The summed E-state index contributed by atoms with van der Waals surface area (Å²) in [6, 6.07) is 3.30. The molecule has 0 spiro atoms. The van der Waals surface area contributed by atoms with E-state index < -0.39 is 10.0 Å². The van der Waals surface area contributed by atoms with Gasteiger partial charge in [-0.05, 0) is 49.9 Å². The van der Waals surface area contributed by atoms with Crippen molar-refractivity contribution in [3.05, 3.63) is 23.3 Å². The molecule has 0 bridgehead atoms. The minimum absolute atomic E-state index is 0.0135. The SMILES string of the molecule is CCN(CC)S(=O)(=O)c1cc(C)c(C)c(NC(=O)C2CCCCC2)c1. The van der Waals surface area contributed by atoms with Gasteiger partial charge in [-0.15, -0.1) is 0 Å². The van der Waals surface area contributed by atoms with Gasteiger partial charge < -0.3 is 5.32 Å². The number of anilines is 1. The largest absolute Gasteiger partial charge is 0.326 e. The predicted molar refractivity (Wildman–Crippen MR) is 101 cm³/mol. The molecule has 140 valence electrons. The lowest BCUT2D eigenvalue weighted by molar-refractivity contribution is -0.120. The first-order valence-corrected chi connectivity index (χ1v) is 10.7. The van der Waals surface area contributed by atoms with Crippen LogP contribution in [0.15, 0.2) is 17.0 Å². The Balaban J connectivity index is 2.33. The molecule has 1 N–H and O–H groups in total. The molecule has 1 amide bonds. The maximum Gasteiger partial charge on any atom is 0.243 e. The highest BCUT2D eigenvalue weighted by atomic mass is 32.2. The van der Waals surface area contributed by atoms with Crippen LogP contribution < -0.4 is 5.32 Å². The first kappa shape index (κ1) is 19.9. The molecule has 1 saturated carbocycles. The van der Waals surface area contributed by atoms with Crippen LogP contribution in [0.3, 0.4) is 0 Å². The Morgan fingerprint density at radius 1 is 1.12 bits per heavy atom. The molecule has 25 heavy (non-hydrogen) atoms. The Morgan fingerprint density at radius 3 is 2.28 bits per heavy atom. The van der Waals surface area contributed by atoms with Crippen molar-refractivity contribution in [3.63, 3.8) is 0 Å². The third kappa shape index (κ3) is 4.42. The van der Waals surface area contributed by atoms with Gasteiger partial charge in [0.1, 0.15) is 0 Å². The molecule has 0 aliphatic heterocycles. The summed E-state index contributed by atoms with van der Waals surface area (Å²) in [5.41, 5.74) is 2.40. The average Bonchev–Trinajstić information content (AvgIpc) is 2.60. The molecule has 6 heteroatoms. The standard InChI is InChI=1S/C19H30N2O3S/c1-5-21(6-2)25(23,24)17-12-14(3)15(4)18(13-17)20-19(22)16-10-8-7-9-11-16/h12-13,16H,5-11H2,1-4H3,(H,20,22). The molecule has 0 heterocycles. The van der Waals surface area contributed by atoms with E-state index >= 15 is 0 Å². The number of carbonyl (C=O) groups is 1. The zero-order valence-electron chi connectivity index (χ0n) is 15.8. The van der Waals surface area contributed by atoms with Crippen LogP contribution in [0.2, 0.25) is 0 Å². The van der Waals surface area contributed by atoms with Gasteiger partial charge in [0.05, 0.1) is 4.90 Å². The molecule has 1 aliphatic carbocycles. The maximum atomic E-state index is 12.8. The molecule has 0 atom stereocenters. The van der Waals surface area contributed by atoms with E-state index in [1.54, 1.807) is 12.1 Å². The molecule has 0 aromatic heterocycles. The Morgan fingerprint density at radius 2 is 1.72 bits per heavy atom. The van der Waals surface area contributed by atoms with Gasteiger partial charge in [-0.3, -0.25) is 4.79 Å². The van der Waals surface area contributed by atoms with Crippen molar-refractivity contribution in [3.8, 4) is 0 Å². The van der Waals surface area contributed by atoms with Crippen LogP contribution >= 0.6 is 0 Å². The molecule has 1 aliphatic rings. The number of nitrogens with one attached hydrogen (secondary N) is 1. The van der Waals surface area contributed by atoms with Gasteiger partial charge in [-0.1, -0.05) is 33.1 Å². The van der Waals surface area contributed by atoms with E-state index in [2.05, 4.69) is 5.32 Å². The Kier molecular flexibility index (Phi) is 6.63. The zero-order chi connectivity index (χ0) is 18.6. The van der Waals surface area contributed by atoms with Crippen LogP contribution in [-0.2, 0) is 14.8 Å². The van der Waals surface area contributed by atoms with E-state index in [1.165, 1.54) is 10.7 Å². The van der Waals surface area contributed by atoms with Gasteiger partial charge in [0.2, 0.25) is 15.9 Å². The molecule has 1 aromatic rings. The number of hydrogen-bond donors (Lipinski definition) is 1. The van der Waals surface area contributed by atoms with Crippen LogP contribution in [0, 0.1) is 19.8 Å². The molecule has 1 aromatic carbocycles. The van der Waals surface area contributed by atoms with Crippen molar-refractivity contribution in [1.29, 1.82) is 0 Å². The van der Waals surface area contributed by atoms with Crippen molar-refractivity contribution in [2.24, 2.45) is 5.92 Å². The minimum atomic E-state index is -3.54. The molecule has 5 nitrogen and oxygen atoms in total. The van der Waals surface area contributed by atoms with Gasteiger partial charge in [-0.25, -0.2) is 8.42 Å². The van der Waals surface area contributed by atoms with Crippen molar-refractivity contribution in [2.45, 2.75) is 64.7 Å². The highest BCUT2D eigenvalue weighted by Crippen LogP contribution is 2.29. The molecule has 0 saturated heterocycles. The number of amides is 1. The summed E-state index contributed by atoms with van der Waals surface area (Å²) >= 11 is 0. The topological polar surface area (TPSA) is 66.5 Å². The van der Waals surface area contributed by atoms with Crippen LogP contribution in [-0.4, -0.2) is 31.7 Å². The molecule has 1 fully saturated rings. The highest BCUT2D eigenvalue weighted by molar-refractivity contribution is 7.89. The van der Waals surface area contributed by atoms with Gasteiger partial charge in [0.25, 0.3) is 0 Å². The quantitative estimate of drug-likeness (QED) is 0.831. The molecular weight excluding hydrogens is 336 g/mol. The summed E-state index contributed by atoms with van der Waals surface area (Å²) < 4.78 is 27.1. The van der Waals surface area contributed by atoms with Gasteiger partial charge in [0.15, 0.2) is 0 Å². The smallest absolute Gasteiger partial charge is 0.243 e. The second-order valence-electron chi connectivity index (χ2n) is 6.83. The summed E-state index contributed by atoms with van der Waals surface area (Å²) in [4.78, 5) is 12.8. The van der Waals surface area contributed by atoms with Gasteiger partial charge in [0, 0.05) is 24.7 Å².